The molecular weight excluding hydrogens is 166 g/mol. The van der Waals surface area contributed by atoms with Crippen molar-refractivity contribution in [3.05, 3.63) is 29.3 Å². The molecule has 1 heterocycles. The normalized spacial score (nSPS) is 14.5. The summed E-state index contributed by atoms with van der Waals surface area (Å²) in [5, 5.41) is 0. The third-order valence-corrected chi connectivity index (χ3v) is 2.14. The molecular formula is C10H9NO2. The van der Waals surface area contributed by atoms with E-state index >= 15 is 0 Å². The van der Waals surface area contributed by atoms with Crippen LogP contribution in [-0.4, -0.2) is 12.7 Å². The van der Waals surface area contributed by atoms with Crippen LogP contribution < -0.4 is 0 Å². The van der Waals surface area contributed by atoms with Crippen LogP contribution in [-0.2, 0) is 22.6 Å². The van der Waals surface area contributed by atoms with Gasteiger partial charge in [0, 0.05) is 0 Å². The fourth-order valence-corrected chi connectivity index (χ4v) is 1.47. The van der Waals surface area contributed by atoms with Crippen LogP contribution in [0.4, 0.5) is 5.69 Å². The Balaban J connectivity index is 2.40. The van der Waals surface area contributed by atoms with Crippen molar-refractivity contribution in [2.45, 2.75) is 13.0 Å². The predicted molar refractivity (Wildman–Crippen MR) is 47.6 cm³/mol. The molecule has 0 amide bonds. The van der Waals surface area contributed by atoms with Gasteiger partial charge in [-0.1, -0.05) is 6.07 Å². The molecule has 0 atom stereocenters. The standard InChI is InChI=1S/C10H9NO2/c12-7-11-10-2-1-9-6-13-4-3-8(9)5-10/h1-2,5H,3-4,6H2. The summed E-state index contributed by atoms with van der Waals surface area (Å²) in [7, 11) is 0. The molecule has 0 radical (unpaired) electrons. The van der Waals surface area contributed by atoms with Crippen LogP contribution in [0.5, 0.6) is 0 Å². The molecule has 1 aromatic carbocycles. The first kappa shape index (κ1) is 8.17. The van der Waals surface area contributed by atoms with Crippen molar-refractivity contribution in [2.75, 3.05) is 6.61 Å². The minimum Gasteiger partial charge on any atom is -0.376 e. The summed E-state index contributed by atoms with van der Waals surface area (Å²) in [6, 6.07) is 5.67. The van der Waals surface area contributed by atoms with Gasteiger partial charge in [-0.25, -0.2) is 4.79 Å². The Morgan fingerprint density at radius 1 is 1.38 bits per heavy atom. The highest BCUT2D eigenvalue weighted by molar-refractivity contribution is 5.51. The number of fused-ring (bicyclic) bond motifs is 1. The quantitative estimate of drug-likeness (QED) is 0.481. The third-order valence-electron chi connectivity index (χ3n) is 2.14. The lowest BCUT2D eigenvalue weighted by Gasteiger charge is -2.15. The van der Waals surface area contributed by atoms with Crippen LogP contribution in [0.1, 0.15) is 11.1 Å². The number of aliphatic imine (C=N–C) groups is 1. The van der Waals surface area contributed by atoms with Gasteiger partial charge in [-0.3, -0.25) is 0 Å². The maximum atomic E-state index is 10.0. The molecule has 0 spiro atoms. The van der Waals surface area contributed by atoms with Crippen LogP contribution in [0.15, 0.2) is 23.2 Å². The van der Waals surface area contributed by atoms with E-state index in [0.29, 0.717) is 12.3 Å². The fourth-order valence-electron chi connectivity index (χ4n) is 1.47. The lowest BCUT2D eigenvalue weighted by molar-refractivity contribution is 0.111. The molecule has 1 aromatic rings. The van der Waals surface area contributed by atoms with Gasteiger partial charge in [-0.05, 0) is 29.7 Å². The number of ether oxygens (including phenoxy) is 1. The molecule has 0 unspecified atom stereocenters. The second kappa shape index (κ2) is 3.52. The van der Waals surface area contributed by atoms with Crippen molar-refractivity contribution >= 4 is 11.8 Å². The molecule has 3 heteroatoms. The second-order valence-electron chi connectivity index (χ2n) is 2.96. The van der Waals surface area contributed by atoms with Gasteiger partial charge in [0.2, 0.25) is 6.08 Å². The maximum absolute atomic E-state index is 10.0. The number of nitrogens with zero attached hydrogens (tertiary/aromatic N) is 1. The first-order valence-electron chi connectivity index (χ1n) is 4.17. The SMILES string of the molecule is O=C=Nc1ccc2c(c1)CCOC2. The molecule has 13 heavy (non-hydrogen) atoms. The predicted octanol–water partition coefficient (Wildman–Crippen LogP) is 1.73. The van der Waals surface area contributed by atoms with Gasteiger partial charge in [0.1, 0.15) is 0 Å². The molecule has 0 aromatic heterocycles. The van der Waals surface area contributed by atoms with Crippen molar-refractivity contribution < 1.29 is 9.53 Å². The van der Waals surface area contributed by atoms with E-state index in [2.05, 4.69) is 4.99 Å². The van der Waals surface area contributed by atoms with Crippen LogP contribution in [0.3, 0.4) is 0 Å². The minimum absolute atomic E-state index is 0.667. The Hall–Kier alpha value is -1.44. The van der Waals surface area contributed by atoms with Crippen molar-refractivity contribution in [2.24, 2.45) is 4.99 Å². The monoisotopic (exact) mass is 175 g/mol. The third kappa shape index (κ3) is 1.66. The maximum Gasteiger partial charge on any atom is 0.240 e. The van der Waals surface area contributed by atoms with E-state index in [9.17, 15) is 4.79 Å². The zero-order valence-corrected chi connectivity index (χ0v) is 7.12. The first-order chi connectivity index (χ1) is 6.40. The van der Waals surface area contributed by atoms with Crippen molar-refractivity contribution in [1.82, 2.24) is 0 Å². The Labute approximate surface area is 76.1 Å². The van der Waals surface area contributed by atoms with E-state index < -0.39 is 0 Å². The number of benzene rings is 1. The van der Waals surface area contributed by atoms with Crippen molar-refractivity contribution in [3.8, 4) is 0 Å². The number of hydrogen-bond acceptors (Lipinski definition) is 3. The lowest BCUT2D eigenvalue weighted by atomic mass is 10.0. The van der Waals surface area contributed by atoms with Crippen molar-refractivity contribution in [1.29, 1.82) is 0 Å². The summed E-state index contributed by atoms with van der Waals surface area (Å²) in [6.07, 6.45) is 2.43. The second-order valence-corrected chi connectivity index (χ2v) is 2.96. The summed E-state index contributed by atoms with van der Waals surface area (Å²) in [5.74, 6) is 0. The molecule has 0 fully saturated rings. The molecule has 1 aliphatic rings. The minimum atomic E-state index is 0.667. The zero-order chi connectivity index (χ0) is 9.10. The van der Waals surface area contributed by atoms with Crippen LogP contribution in [0, 0.1) is 0 Å². The average molecular weight is 175 g/mol. The largest absolute Gasteiger partial charge is 0.376 e. The molecule has 0 bridgehead atoms. The number of rotatable bonds is 1. The summed E-state index contributed by atoms with van der Waals surface area (Å²) >= 11 is 0. The van der Waals surface area contributed by atoms with Crippen LogP contribution in [0.2, 0.25) is 0 Å². The molecule has 0 N–H and O–H groups in total. The Morgan fingerprint density at radius 2 is 2.31 bits per heavy atom. The average Bonchev–Trinajstić information content (AvgIpc) is 2.18. The summed E-state index contributed by atoms with van der Waals surface area (Å²) in [4.78, 5) is 13.6. The van der Waals surface area contributed by atoms with Gasteiger partial charge in [0.15, 0.2) is 0 Å². The molecule has 0 saturated carbocycles. The molecule has 3 nitrogen and oxygen atoms in total. The van der Waals surface area contributed by atoms with Crippen LogP contribution >= 0.6 is 0 Å². The first-order valence-corrected chi connectivity index (χ1v) is 4.17. The van der Waals surface area contributed by atoms with Gasteiger partial charge < -0.3 is 4.74 Å². The molecule has 2 rings (SSSR count). The smallest absolute Gasteiger partial charge is 0.240 e. The van der Waals surface area contributed by atoms with E-state index in [0.717, 1.165) is 13.0 Å². The van der Waals surface area contributed by atoms with Gasteiger partial charge in [0.05, 0.1) is 18.9 Å². The number of hydrogen-bond donors (Lipinski definition) is 0. The van der Waals surface area contributed by atoms with Gasteiger partial charge in [-0.2, -0.15) is 4.99 Å². The Morgan fingerprint density at radius 3 is 3.15 bits per heavy atom. The highest BCUT2D eigenvalue weighted by atomic mass is 16.5. The molecule has 1 aliphatic heterocycles. The van der Waals surface area contributed by atoms with Gasteiger partial charge in [0.25, 0.3) is 0 Å². The summed E-state index contributed by atoms with van der Waals surface area (Å²) in [6.45, 7) is 1.42. The van der Waals surface area contributed by atoms with Crippen LogP contribution in [0.25, 0.3) is 0 Å². The highest BCUT2D eigenvalue weighted by Gasteiger charge is 2.08. The molecule has 66 valence electrons. The van der Waals surface area contributed by atoms with Gasteiger partial charge >= 0.3 is 0 Å². The van der Waals surface area contributed by atoms with E-state index in [1.54, 1.807) is 6.07 Å². The fraction of sp³-hybridized carbons (Fsp3) is 0.300. The summed E-state index contributed by atoms with van der Waals surface area (Å²) in [5.41, 5.74) is 3.09. The van der Waals surface area contributed by atoms with E-state index in [1.807, 2.05) is 12.1 Å². The number of carbonyl (C=O) groups excluding carboxylic acids is 1. The molecule has 0 aliphatic carbocycles. The van der Waals surface area contributed by atoms with E-state index in [-0.39, 0.29) is 0 Å². The lowest BCUT2D eigenvalue weighted by Crippen LogP contribution is -2.08. The Bertz CT molecular complexity index is 367. The molecule has 0 saturated heterocycles. The topological polar surface area (TPSA) is 38.7 Å². The zero-order valence-electron chi connectivity index (χ0n) is 7.12. The van der Waals surface area contributed by atoms with Gasteiger partial charge in [-0.15, -0.1) is 0 Å². The number of isocyanates is 1. The summed E-state index contributed by atoms with van der Waals surface area (Å²) < 4.78 is 5.29. The van der Waals surface area contributed by atoms with E-state index in [4.69, 9.17) is 4.74 Å². The van der Waals surface area contributed by atoms with Crippen molar-refractivity contribution in [3.63, 3.8) is 0 Å². The Kier molecular flexibility index (Phi) is 2.21. The van der Waals surface area contributed by atoms with E-state index in [1.165, 1.54) is 17.2 Å². The highest BCUT2D eigenvalue weighted by Crippen LogP contribution is 2.22.